The highest BCUT2D eigenvalue weighted by Crippen LogP contribution is 2.25. The predicted molar refractivity (Wildman–Crippen MR) is 117 cm³/mol. The smallest absolute Gasteiger partial charge is 0.339 e. The summed E-state index contributed by atoms with van der Waals surface area (Å²) in [5.41, 5.74) is 2.53. The number of ether oxygens (including phenoxy) is 1. The molecule has 0 radical (unpaired) electrons. The monoisotopic (exact) mass is 431 g/mol. The predicted octanol–water partition coefficient (Wildman–Crippen LogP) is 2.57. The Labute approximate surface area is 183 Å². The van der Waals surface area contributed by atoms with Gasteiger partial charge in [0, 0.05) is 25.4 Å². The summed E-state index contributed by atoms with van der Waals surface area (Å²) in [7, 11) is 1.69. The topological polar surface area (TPSA) is 108 Å². The largest absolute Gasteiger partial charge is 0.452 e. The highest BCUT2D eigenvalue weighted by atomic mass is 16.5. The minimum Gasteiger partial charge on any atom is -0.452 e. The van der Waals surface area contributed by atoms with Crippen LogP contribution in [0.3, 0.4) is 0 Å². The Hall–Kier alpha value is -4.27. The number of imide groups is 1. The Kier molecular flexibility index (Phi) is 5.80. The number of hydrogen-bond acceptors (Lipinski definition) is 6. The van der Waals surface area contributed by atoms with Crippen molar-refractivity contribution < 1.29 is 19.1 Å². The fraction of sp³-hybridized carbons (Fsp3) is 0.174. The summed E-state index contributed by atoms with van der Waals surface area (Å²) in [5, 5.41) is 7.02. The lowest BCUT2D eigenvalue weighted by atomic mass is 10.1. The number of aromatic nitrogens is 4. The van der Waals surface area contributed by atoms with E-state index in [1.807, 2.05) is 37.3 Å². The second-order valence-electron chi connectivity index (χ2n) is 7.08. The summed E-state index contributed by atoms with van der Waals surface area (Å²) >= 11 is 0. The van der Waals surface area contributed by atoms with E-state index in [-0.39, 0.29) is 5.56 Å². The average molecular weight is 431 g/mol. The number of nitrogens with one attached hydrogen (secondary N) is 1. The van der Waals surface area contributed by atoms with Crippen molar-refractivity contribution in [3.63, 3.8) is 0 Å². The maximum atomic E-state index is 12.9. The maximum Gasteiger partial charge on any atom is 0.339 e. The quantitative estimate of drug-likeness (QED) is 0.470. The van der Waals surface area contributed by atoms with Crippen LogP contribution in [0.15, 0.2) is 60.9 Å². The molecule has 32 heavy (non-hydrogen) atoms. The number of hydrogen-bond donors (Lipinski definition) is 1. The molecular weight excluding hydrogens is 410 g/mol. The van der Waals surface area contributed by atoms with Crippen LogP contribution >= 0.6 is 0 Å². The van der Waals surface area contributed by atoms with Crippen LogP contribution in [0.2, 0.25) is 0 Å². The van der Waals surface area contributed by atoms with Crippen molar-refractivity contribution in [2.45, 2.75) is 13.5 Å². The molecule has 0 saturated carbocycles. The standard InChI is InChI=1S/C23H21N5O4/c1-3-28-21-17(13-24-28)16(12-18(25-21)15-8-5-4-6-9-15)23(31)32-14-20(29)26-22(30)19-10-7-11-27(19)2/h4-13H,3,14H2,1-2H3,(H,26,29,30). The van der Waals surface area contributed by atoms with E-state index in [4.69, 9.17) is 4.74 Å². The fourth-order valence-electron chi connectivity index (χ4n) is 3.34. The molecule has 0 bridgehead atoms. The molecule has 1 N–H and O–H groups in total. The molecule has 162 valence electrons. The molecule has 0 unspecified atom stereocenters. The first-order valence-electron chi connectivity index (χ1n) is 10.0. The molecule has 9 heteroatoms. The number of amides is 2. The Morgan fingerprint density at radius 1 is 1.09 bits per heavy atom. The van der Waals surface area contributed by atoms with Crippen LogP contribution in [0.4, 0.5) is 0 Å². The van der Waals surface area contributed by atoms with Crippen LogP contribution in [0.25, 0.3) is 22.3 Å². The van der Waals surface area contributed by atoms with Gasteiger partial charge in [-0.05, 0) is 25.1 Å². The van der Waals surface area contributed by atoms with Crippen LogP contribution in [0.1, 0.15) is 27.8 Å². The van der Waals surface area contributed by atoms with E-state index in [0.29, 0.717) is 29.0 Å². The van der Waals surface area contributed by atoms with Crippen molar-refractivity contribution >= 4 is 28.8 Å². The highest BCUT2D eigenvalue weighted by Gasteiger charge is 2.20. The van der Waals surface area contributed by atoms with Crippen molar-refractivity contribution in [1.29, 1.82) is 0 Å². The average Bonchev–Trinajstić information content (AvgIpc) is 3.43. The van der Waals surface area contributed by atoms with Crippen molar-refractivity contribution in [2.24, 2.45) is 7.05 Å². The van der Waals surface area contributed by atoms with Crippen LogP contribution in [-0.4, -0.2) is 43.7 Å². The number of carbonyl (C=O) groups excluding carboxylic acids is 3. The number of fused-ring (bicyclic) bond motifs is 1. The van der Waals surface area contributed by atoms with Crippen LogP contribution in [0, 0.1) is 0 Å². The number of esters is 1. The van der Waals surface area contributed by atoms with Gasteiger partial charge in [-0.2, -0.15) is 5.10 Å². The SMILES string of the molecule is CCn1ncc2c(C(=O)OCC(=O)NC(=O)c3cccn3C)cc(-c3ccccc3)nc21. The normalized spacial score (nSPS) is 10.8. The van der Waals surface area contributed by atoms with Crippen LogP contribution in [0.5, 0.6) is 0 Å². The van der Waals surface area contributed by atoms with E-state index >= 15 is 0 Å². The van der Waals surface area contributed by atoms with E-state index in [9.17, 15) is 14.4 Å². The van der Waals surface area contributed by atoms with E-state index in [1.165, 1.54) is 0 Å². The molecule has 4 aromatic rings. The minimum absolute atomic E-state index is 0.245. The first kappa shape index (κ1) is 21.0. The molecule has 0 aliphatic carbocycles. The maximum absolute atomic E-state index is 12.9. The molecular formula is C23H21N5O4. The third kappa shape index (κ3) is 4.13. The lowest BCUT2D eigenvalue weighted by Crippen LogP contribution is -2.35. The summed E-state index contributed by atoms with van der Waals surface area (Å²) in [6.45, 7) is 1.91. The van der Waals surface area contributed by atoms with E-state index in [0.717, 1.165) is 5.56 Å². The van der Waals surface area contributed by atoms with E-state index in [2.05, 4.69) is 15.4 Å². The zero-order valence-corrected chi connectivity index (χ0v) is 17.6. The number of carbonyl (C=O) groups is 3. The molecule has 0 saturated heterocycles. The molecule has 3 heterocycles. The van der Waals surface area contributed by atoms with Crippen LogP contribution in [-0.2, 0) is 23.1 Å². The number of rotatable bonds is 6. The third-order valence-electron chi connectivity index (χ3n) is 4.96. The van der Waals surface area contributed by atoms with Gasteiger partial charge in [0.2, 0.25) is 0 Å². The lowest BCUT2D eigenvalue weighted by molar-refractivity contribution is -0.123. The highest BCUT2D eigenvalue weighted by molar-refractivity contribution is 6.06. The summed E-state index contributed by atoms with van der Waals surface area (Å²) in [6, 6.07) is 14.3. The van der Waals surface area contributed by atoms with Crippen LogP contribution < -0.4 is 5.32 Å². The second kappa shape index (κ2) is 8.84. The van der Waals surface area contributed by atoms with Gasteiger partial charge < -0.3 is 9.30 Å². The molecule has 0 aliphatic rings. The van der Waals surface area contributed by atoms with Gasteiger partial charge in [-0.25, -0.2) is 14.5 Å². The molecule has 9 nitrogen and oxygen atoms in total. The number of aryl methyl sites for hydroxylation is 2. The Balaban J connectivity index is 1.55. The Morgan fingerprint density at radius 2 is 1.88 bits per heavy atom. The van der Waals surface area contributed by atoms with E-state index in [1.54, 1.807) is 46.9 Å². The van der Waals surface area contributed by atoms with Gasteiger partial charge >= 0.3 is 5.97 Å². The van der Waals surface area contributed by atoms with Gasteiger partial charge in [0.1, 0.15) is 5.69 Å². The molecule has 0 spiro atoms. The molecule has 0 fully saturated rings. The minimum atomic E-state index is -0.720. The molecule has 4 rings (SSSR count). The number of benzene rings is 1. The molecule has 0 atom stereocenters. The Bertz CT molecular complexity index is 1310. The zero-order chi connectivity index (χ0) is 22.7. The third-order valence-corrected chi connectivity index (χ3v) is 4.96. The molecule has 2 amide bonds. The van der Waals surface area contributed by atoms with Crippen molar-refractivity contribution in [3.8, 4) is 11.3 Å². The lowest BCUT2D eigenvalue weighted by Gasteiger charge is -2.09. The van der Waals surface area contributed by atoms with Gasteiger partial charge in [0.25, 0.3) is 11.8 Å². The van der Waals surface area contributed by atoms with Gasteiger partial charge in [0.05, 0.1) is 22.8 Å². The molecule has 3 aromatic heterocycles. The molecule has 0 aliphatic heterocycles. The summed E-state index contributed by atoms with van der Waals surface area (Å²) < 4.78 is 8.47. The van der Waals surface area contributed by atoms with Gasteiger partial charge in [-0.15, -0.1) is 0 Å². The fourth-order valence-corrected chi connectivity index (χ4v) is 3.34. The number of nitrogens with zero attached hydrogens (tertiary/aromatic N) is 4. The van der Waals surface area contributed by atoms with Gasteiger partial charge in [-0.3, -0.25) is 14.9 Å². The van der Waals surface area contributed by atoms with Crippen molar-refractivity contribution in [1.82, 2.24) is 24.6 Å². The summed E-state index contributed by atoms with van der Waals surface area (Å²) in [6.07, 6.45) is 3.24. The first-order valence-corrected chi connectivity index (χ1v) is 10.0. The second-order valence-corrected chi connectivity index (χ2v) is 7.08. The summed E-state index contributed by atoms with van der Waals surface area (Å²) in [4.78, 5) is 41.8. The van der Waals surface area contributed by atoms with Gasteiger partial charge in [0.15, 0.2) is 12.3 Å². The van der Waals surface area contributed by atoms with Crippen molar-refractivity contribution in [2.75, 3.05) is 6.61 Å². The van der Waals surface area contributed by atoms with Gasteiger partial charge in [-0.1, -0.05) is 30.3 Å². The molecule has 1 aromatic carbocycles. The van der Waals surface area contributed by atoms with E-state index < -0.39 is 24.4 Å². The zero-order valence-electron chi connectivity index (χ0n) is 17.6. The summed E-state index contributed by atoms with van der Waals surface area (Å²) in [5.74, 6) is -1.99. The Morgan fingerprint density at radius 3 is 2.56 bits per heavy atom. The van der Waals surface area contributed by atoms with Crippen molar-refractivity contribution in [3.05, 3.63) is 72.2 Å². The first-order chi connectivity index (χ1) is 15.5. The number of pyridine rings is 1.